The van der Waals surface area contributed by atoms with E-state index in [-0.39, 0.29) is 35.3 Å². The number of aliphatic hydroxyl groups is 2. The second-order valence-corrected chi connectivity index (χ2v) is 3.79. The van der Waals surface area contributed by atoms with Gasteiger partial charge in [-0.3, -0.25) is 0 Å². The molecule has 0 heterocycles. The zero-order valence-electron chi connectivity index (χ0n) is 7.70. The van der Waals surface area contributed by atoms with Crippen molar-refractivity contribution in [3.8, 4) is 0 Å². The van der Waals surface area contributed by atoms with Gasteiger partial charge in [0, 0.05) is 0 Å². The predicted octanol–water partition coefficient (Wildman–Crippen LogP) is -1.81. The molecule has 2 N–H and O–H groups in total. The van der Waals surface area contributed by atoms with Crippen LogP contribution >= 0.6 is 7.60 Å². The van der Waals surface area contributed by atoms with E-state index in [0.29, 0.717) is 0 Å². The molecular formula is C8H11CoO5P. The van der Waals surface area contributed by atoms with Gasteiger partial charge in [0.25, 0.3) is 0 Å². The van der Waals surface area contributed by atoms with Gasteiger partial charge in [0.1, 0.15) is 0 Å². The molecule has 1 rings (SSSR count). The maximum Gasteiger partial charge on any atom is 2.00 e. The predicted molar refractivity (Wildman–Crippen MR) is 47.9 cm³/mol. The largest absolute Gasteiger partial charge is 2.00 e. The fourth-order valence-electron chi connectivity index (χ4n) is 0.611. The molecule has 0 aliphatic heterocycles. The van der Waals surface area contributed by atoms with Gasteiger partial charge >= 0.3 is 16.8 Å². The minimum absolute atomic E-state index is 0. The second-order valence-electron chi connectivity index (χ2n) is 2.28. The summed E-state index contributed by atoms with van der Waals surface area (Å²) in [4.78, 5) is 20.6. The van der Waals surface area contributed by atoms with Crippen molar-refractivity contribution in [3.63, 3.8) is 0 Å². The van der Waals surface area contributed by atoms with Crippen LogP contribution in [0.1, 0.15) is 0 Å². The Morgan fingerprint density at radius 1 is 1.07 bits per heavy atom. The number of aliphatic hydroxyl groups excluding tert-OH is 2. The van der Waals surface area contributed by atoms with Crippen LogP contribution in [-0.4, -0.2) is 23.4 Å². The summed E-state index contributed by atoms with van der Waals surface area (Å²) in [5.74, 6) is 0. The Labute approximate surface area is 98.1 Å². The van der Waals surface area contributed by atoms with E-state index in [1.54, 1.807) is 6.07 Å². The van der Waals surface area contributed by atoms with E-state index in [9.17, 15) is 14.4 Å². The molecule has 0 saturated carbocycles. The van der Waals surface area contributed by atoms with Crippen molar-refractivity contribution < 1.29 is 41.3 Å². The van der Waals surface area contributed by atoms with Gasteiger partial charge in [-0.1, -0.05) is 30.3 Å². The van der Waals surface area contributed by atoms with Crippen LogP contribution in [-0.2, 0) is 21.3 Å². The fraction of sp³-hybridized carbons (Fsp3) is 0.250. The van der Waals surface area contributed by atoms with Crippen LogP contribution < -0.4 is 15.1 Å². The Morgan fingerprint density at radius 3 is 1.67 bits per heavy atom. The van der Waals surface area contributed by atoms with Crippen molar-refractivity contribution >= 4 is 12.9 Å². The maximum absolute atomic E-state index is 10.3. The molecule has 15 heavy (non-hydrogen) atoms. The van der Waals surface area contributed by atoms with Crippen molar-refractivity contribution in [1.29, 1.82) is 0 Å². The Balaban J connectivity index is 0. The molecule has 5 nitrogen and oxygen atoms in total. The SMILES string of the molecule is O=P([O-])([O-])c1ccccc1.OCCO.[Co+2]. The van der Waals surface area contributed by atoms with Gasteiger partial charge in [-0.2, -0.15) is 0 Å². The van der Waals surface area contributed by atoms with Gasteiger partial charge in [-0.15, -0.1) is 0 Å². The van der Waals surface area contributed by atoms with Crippen LogP contribution in [0, 0.1) is 0 Å². The molecule has 0 bridgehead atoms. The molecule has 0 saturated heterocycles. The van der Waals surface area contributed by atoms with Crippen LogP contribution in [0.5, 0.6) is 0 Å². The first-order valence-electron chi connectivity index (χ1n) is 3.81. The molecule has 1 aromatic rings. The van der Waals surface area contributed by atoms with E-state index in [2.05, 4.69) is 0 Å². The molecule has 0 aliphatic carbocycles. The van der Waals surface area contributed by atoms with E-state index < -0.39 is 7.60 Å². The zero-order valence-corrected chi connectivity index (χ0v) is 9.64. The van der Waals surface area contributed by atoms with Crippen LogP contribution in [0.4, 0.5) is 0 Å². The van der Waals surface area contributed by atoms with Crippen molar-refractivity contribution in [2.24, 2.45) is 0 Å². The van der Waals surface area contributed by atoms with E-state index in [4.69, 9.17) is 10.2 Å². The molecule has 0 fully saturated rings. The van der Waals surface area contributed by atoms with E-state index >= 15 is 0 Å². The first kappa shape index (κ1) is 17.2. The van der Waals surface area contributed by atoms with Crippen molar-refractivity contribution in [3.05, 3.63) is 30.3 Å². The molecule has 7 heteroatoms. The topological polar surface area (TPSA) is 104 Å². The van der Waals surface area contributed by atoms with Gasteiger partial charge in [-0.05, 0) is 12.9 Å². The van der Waals surface area contributed by atoms with Crippen LogP contribution in [0.3, 0.4) is 0 Å². The minimum atomic E-state index is -4.52. The van der Waals surface area contributed by atoms with E-state index in [1.807, 2.05) is 0 Å². The molecular weight excluding hydrogens is 266 g/mol. The molecule has 0 aromatic heterocycles. The van der Waals surface area contributed by atoms with Crippen molar-refractivity contribution in [2.45, 2.75) is 0 Å². The summed E-state index contributed by atoms with van der Waals surface area (Å²) in [5, 5.41) is 15.1. The number of rotatable bonds is 2. The molecule has 0 unspecified atom stereocenters. The molecule has 0 amide bonds. The van der Waals surface area contributed by atoms with Gasteiger partial charge < -0.3 is 24.6 Å². The standard InChI is InChI=1S/C6H7O3P.C2H6O2.Co/c7-10(8,9)6-4-2-1-3-5-6;3-1-2-4;/h1-5H,(H2,7,8,9);3-4H,1-2H2;/q;;+2/p-2. The van der Waals surface area contributed by atoms with Gasteiger partial charge in [0.05, 0.1) is 13.2 Å². The maximum atomic E-state index is 10.3. The summed E-state index contributed by atoms with van der Waals surface area (Å²) in [6, 6.07) is 7.23. The quantitative estimate of drug-likeness (QED) is 0.620. The summed E-state index contributed by atoms with van der Waals surface area (Å²) in [5.41, 5.74) is 0. The fourth-order valence-corrected chi connectivity index (χ4v) is 1.15. The first-order valence-corrected chi connectivity index (χ1v) is 5.36. The van der Waals surface area contributed by atoms with Crippen LogP contribution in [0.25, 0.3) is 0 Å². The third kappa shape index (κ3) is 8.77. The van der Waals surface area contributed by atoms with Crippen LogP contribution in [0.2, 0.25) is 0 Å². The molecule has 1 radical (unpaired) electrons. The Kier molecular flexibility index (Phi) is 10.4. The third-order valence-electron chi connectivity index (χ3n) is 1.17. The Bertz CT molecular complexity index is 284. The average molecular weight is 277 g/mol. The normalized spacial score (nSPS) is 9.60. The zero-order chi connectivity index (χ0) is 11.0. The second kappa shape index (κ2) is 9.05. The summed E-state index contributed by atoms with van der Waals surface area (Å²) in [6.07, 6.45) is 0. The first-order chi connectivity index (χ1) is 6.52. The number of hydrogen-bond donors (Lipinski definition) is 2. The van der Waals surface area contributed by atoms with Gasteiger partial charge in [0.15, 0.2) is 0 Å². The number of benzene rings is 1. The molecule has 0 aliphatic rings. The summed E-state index contributed by atoms with van der Waals surface area (Å²) in [6.45, 7) is -0.250. The van der Waals surface area contributed by atoms with Crippen LogP contribution in [0.15, 0.2) is 30.3 Å². The van der Waals surface area contributed by atoms with Gasteiger partial charge in [-0.25, -0.2) is 0 Å². The summed E-state index contributed by atoms with van der Waals surface area (Å²) < 4.78 is 10.3. The molecule has 1 aromatic carbocycles. The molecule has 0 spiro atoms. The Hall–Kier alpha value is -0.204. The van der Waals surface area contributed by atoms with E-state index in [0.717, 1.165) is 0 Å². The van der Waals surface area contributed by atoms with Gasteiger partial charge in [0.2, 0.25) is 0 Å². The summed E-state index contributed by atoms with van der Waals surface area (Å²) in [7, 11) is -4.52. The van der Waals surface area contributed by atoms with Crippen molar-refractivity contribution in [1.82, 2.24) is 0 Å². The Morgan fingerprint density at radius 2 is 1.47 bits per heavy atom. The average Bonchev–Trinajstić information content (AvgIpc) is 2.18. The smallest absolute Gasteiger partial charge is 0.807 e. The minimum Gasteiger partial charge on any atom is -0.807 e. The number of hydrogen-bond acceptors (Lipinski definition) is 5. The molecule has 87 valence electrons. The van der Waals surface area contributed by atoms with E-state index in [1.165, 1.54) is 24.3 Å². The summed E-state index contributed by atoms with van der Waals surface area (Å²) >= 11 is 0. The van der Waals surface area contributed by atoms with Crippen molar-refractivity contribution in [2.75, 3.05) is 13.2 Å². The monoisotopic (exact) mass is 277 g/mol. The third-order valence-corrected chi connectivity index (χ3v) is 2.10. The molecule has 0 atom stereocenters.